The lowest BCUT2D eigenvalue weighted by molar-refractivity contribution is -0.139. The lowest BCUT2D eigenvalue weighted by atomic mass is 10.1. The highest BCUT2D eigenvalue weighted by molar-refractivity contribution is 6.35. The Bertz CT molecular complexity index is 659. The van der Waals surface area contributed by atoms with Gasteiger partial charge >= 0.3 is 11.8 Å². The molecule has 0 aromatic heterocycles. The first-order valence-electron chi connectivity index (χ1n) is 7.09. The maximum Gasteiger partial charge on any atom is 0.309 e. The summed E-state index contributed by atoms with van der Waals surface area (Å²) in [7, 11) is 0. The van der Waals surface area contributed by atoms with Crippen LogP contribution >= 0.6 is 0 Å². The zero-order chi connectivity index (χ0) is 16.7. The SMILES string of the molecule is O=C(NCc1ccc(F)cc1)C(=O)NC(CO)c1ccccc1. The summed E-state index contributed by atoms with van der Waals surface area (Å²) >= 11 is 0. The van der Waals surface area contributed by atoms with E-state index in [4.69, 9.17) is 0 Å². The zero-order valence-electron chi connectivity index (χ0n) is 12.3. The number of benzene rings is 2. The van der Waals surface area contributed by atoms with Gasteiger partial charge in [-0.05, 0) is 23.3 Å². The molecule has 1 atom stereocenters. The number of aliphatic hydroxyl groups is 1. The van der Waals surface area contributed by atoms with E-state index in [0.717, 1.165) is 0 Å². The molecule has 0 saturated carbocycles. The van der Waals surface area contributed by atoms with Crippen LogP contribution in [0.15, 0.2) is 54.6 Å². The summed E-state index contributed by atoms with van der Waals surface area (Å²) in [5.74, 6) is -2.02. The molecule has 6 heteroatoms. The number of hydrogen-bond donors (Lipinski definition) is 3. The molecule has 120 valence electrons. The third kappa shape index (κ3) is 4.89. The molecule has 2 aromatic carbocycles. The van der Waals surface area contributed by atoms with E-state index in [-0.39, 0.29) is 19.0 Å². The average Bonchev–Trinajstić information content (AvgIpc) is 2.59. The van der Waals surface area contributed by atoms with E-state index in [0.29, 0.717) is 11.1 Å². The minimum Gasteiger partial charge on any atom is -0.394 e. The Labute approximate surface area is 133 Å². The molecule has 0 spiro atoms. The fourth-order valence-electron chi connectivity index (χ4n) is 2.01. The Morgan fingerprint density at radius 3 is 2.26 bits per heavy atom. The molecular formula is C17H17FN2O3. The molecule has 0 heterocycles. The van der Waals surface area contributed by atoms with Crippen molar-refractivity contribution >= 4 is 11.8 Å². The third-order valence-electron chi connectivity index (χ3n) is 3.26. The summed E-state index contributed by atoms with van der Waals surface area (Å²) in [6.07, 6.45) is 0. The molecule has 0 saturated heterocycles. The lowest BCUT2D eigenvalue weighted by Crippen LogP contribution is -2.42. The van der Waals surface area contributed by atoms with E-state index in [9.17, 15) is 19.1 Å². The van der Waals surface area contributed by atoms with Crippen LogP contribution in [0.25, 0.3) is 0 Å². The van der Waals surface area contributed by atoms with Crippen molar-refractivity contribution in [3.05, 3.63) is 71.5 Å². The fraction of sp³-hybridized carbons (Fsp3) is 0.176. The van der Waals surface area contributed by atoms with E-state index in [1.807, 2.05) is 6.07 Å². The number of carbonyl (C=O) groups is 2. The second kappa shape index (κ2) is 8.05. The van der Waals surface area contributed by atoms with Crippen LogP contribution in [0.5, 0.6) is 0 Å². The Morgan fingerprint density at radius 2 is 1.65 bits per heavy atom. The van der Waals surface area contributed by atoms with Crippen molar-refractivity contribution in [2.75, 3.05) is 6.61 Å². The quantitative estimate of drug-likeness (QED) is 0.727. The summed E-state index contributed by atoms with van der Waals surface area (Å²) in [5.41, 5.74) is 1.38. The molecule has 5 nitrogen and oxygen atoms in total. The first-order valence-corrected chi connectivity index (χ1v) is 7.09. The van der Waals surface area contributed by atoms with Gasteiger partial charge in [0.2, 0.25) is 0 Å². The third-order valence-corrected chi connectivity index (χ3v) is 3.26. The summed E-state index contributed by atoms with van der Waals surface area (Å²) < 4.78 is 12.8. The van der Waals surface area contributed by atoms with Crippen LogP contribution in [0.1, 0.15) is 17.2 Å². The minimum atomic E-state index is -0.838. The predicted octanol–water partition coefficient (Wildman–Crippen LogP) is 1.29. The van der Waals surface area contributed by atoms with Gasteiger partial charge in [0.1, 0.15) is 5.82 Å². The average molecular weight is 316 g/mol. The summed E-state index contributed by atoms with van der Waals surface area (Å²) in [6, 6.07) is 13.8. The molecule has 1 unspecified atom stereocenters. The Kier molecular flexibility index (Phi) is 5.82. The lowest BCUT2D eigenvalue weighted by Gasteiger charge is -2.16. The van der Waals surface area contributed by atoms with E-state index < -0.39 is 17.9 Å². The Hall–Kier alpha value is -2.73. The molecular weight excluding hydrogens is 299 g/mol. The smallest absolute Gasteiger partial charge is 0.309 e. The van der Waals surface area contributed by atoms with E-state index >= 15 is 0 Å². The van der Waals surface area contributed by atoms with Crippen molar-refractivity contribution in [3.8, 4) is 0 Å². The number of carbonyl (C=O) groups excluding carboxylic acids is 2. The van der Waals surface area contributed by atoms with Gasteiger partial charge in [-0.3, -0.25) is 9.59 Å². The van der Waals surface area contributed by atoms with Gasteiger partial charge in [-0.2, -0.15) is 0 Å². The standard InChI is InChI=1S/C17H17FN2O3/c18-14-8-6-12(7-9-14)10-19-16(22)17(23)20-15(11-21)13-4-2-1-3-5-13/h1-9,15,21H,10-11H2,(H,19,22)(H,20,23). The molecule has 0 aliphatic carbocycles. The number of rotatable bonds is 5. The molecule has 0 fully saturated rings. The maximum atomic E-state index is 12.8. The number of halogens is 1. The first kappa shape index (κ1) is 16.6. The van der Waals surface area contributed by atoms with Gasteiger partial charge in [0, 0.05) is 6.54 Å². The van der Waals surface area contributed by atoms with Gasteiger partial charge in [-0.1, -0.05) is 42.5 Å². The first-order chi connectivity index (χ1) is 11.1. The van der Waals surface area contributed by atoms with Crippen molar-refractivity contribution < 1.29 is 19.1 Å². The van der Waals surface area contributed by atoms with Crippen molar-refractivity contribution in [1.82, 2.24) is 10.6 Å². The number of amides is 2. The molecule has 0 aliphatic heterocycles. The highest BCUT2D eigenvalue weighted by Gasteiger charge is 2.19. The molecule has 2 aromatic rings. The van der Waals surface area contributed by atoms with Gasteiger partial charge < -0.3 is 15.7 Å². The van der Waals surface area contributed by atoms with Crippen LogP contribution in [0, 0.1) is 5.82 Å². The van der Waals surface area contributed by atoms with Crippen molar-refractivity contribution in [3.63, 3.8) is 0 Å². The van der Waals surface area contributed by atoms with Crippen molar-refractivity contribution in [1.29, 1.82) is 0 Å². The topological polar surface area (TPSA) is 78.4 Å². The largest absolute Gasteiger partial charge is 0.394 e. The summed E-state index contributed by atoms with van der Waals surface area (Å²) in [4.78, 5) is 23.7. The molecule has 0 bridgehead atoms. The fourth-order valence-corrected chi connectivity index (χ4v) is 2.01. The van der Waals surface area contributed by atoms with Crippen molar-refractivity contribution in [2.24, 2.45) is 0 Å². The normalized spacial score (nSPS) is 11.6. The van der Waals surface area contributed by atoms with Gasteiger partial charge in [-0.15, -0.1) is 0 Å². The molecule has 2 amide bonds. The van der Waals surface area contributed by atoms with Crippen LogP contribution in [0.4, 0.5) is 4.39 Å². The predicted molar refractivity (Wildman–Crippen MR) is 82.7 cm³/mol. The zero-order valence-corrected chi connectivity index (χ0v) is 12.3. The van der Waals surface area contributed by atoms with Gasteiger partial charge in [0.15, 0.2) is 0 Å². The van der Waals surface area contributed by atoms with Gasteiger partial charge in [0.05, 0.1) is 12.6 Å². The van der Waals surface area contributed by atoms with Crippen LogP contribution in [0.3, 0.4) is 0 Å². The second-order valence-corrected chi connectivity index (χ2v) is 4.93. The van der Waals surface area contributed by atoms with Crippen LogP contribution in [0.2, 0.25) is 0 Å². The number of hydrogen-bond acceptors (Lipinski definition) is 3. The van der Waals surface area contributed by atoms with E-state index in [1.165, 1.54) is 24.3 Å². The van der Waals surface area contributed by atoms with Gasteiger partial charge in [-0.25, -0.2) is 4.39 Å². The Balaban J connectivity index is 1.89. The second-order valence-electron chi connectivity index (χ2n) is 4.93. The van der Waals surface area contributed by atoms with E-state index in [1.54, 1.807) is 24.3 Å². The van der Waals surface area contributed by atoms with Crippen molar-refractivity contribution in [2.45, 2.75) is 12.6 Å². The molecule has 2 rings (SSSR count). The maximum absolute atomic E-state index is 12.8. The number of aliphatic hydroxyl groups excluding tert-OH is 1. The highest BCUT2D eigenvalue weighted by Crippen LogP contribution is 2.11. The van der Waals surface area contributed by atoms with Gasteiger partial charge in [0.25, 0.3) is 0 Å². The van der Waals surface area contributed by atoms with Crippen LogP contribution in [-0.2, 0) is 16.1 Å². The summed E-state index contributed by atoms with van der Waals surface area (Å²) in [6.45, 7) is -0.206. The minimum absolute atomic E-state index is 0.113. The monoisotopic (exact) mass is 316 g/mol. The number of nitrogens with one attached hydrogen (secondary N) is 2. The van der Waals surface area contributed by atoms with Crippen LogP contribution in [-0.4, -0.2) is 23.5 Å². The van der Waals surface area contributed by atoms with Crippen LogP contribution < -0.4 is 10.6 Å². The van der Waals surface area contributed by atoms with E-state index in [2.05, 4.69) is 10.6 Å². The molecule has 0 radical (unpaired) electrons. The molecule has 23 heavy (non-hydrogen) atoms. The molecule has 0 aliphatic rings. The Morgan fingerprint density at radius 1 is 1.00 bits per heavy atom. The molecule has 3 N–H and O–H groups in total. The summed E-state index contributed by atoms with van der Waals surface area (Å²) in [5, 5.41) is 14.3. The highest BCUT2D eigenvalue weighted by atomic mass is 19.1.